The topological polar surface area (TPSA) is 75.1 Å². The molecule has 0 saturated heterocycles. The lowest BCUT2D eigenvalue weighted by molar-refractivity contribution is 0.102. The van der Waals surface area contributed by atoms with E-state index in [4.69, 9.17) is 5.11 Å². The van der Waals surface area contributed by atoms with Crippen molar-refractivity contribution in [3.63, 3.8) is 0 Å². The molecule has 0 aliphatic carbocycles. The molecule has 0 unspecified atom stereocenters. The summed E-state index contributed by atoms with van der Waals surface area (Å²) in [5, 5.41) is 11.6. The number of hydrogen-bond acceptors (Lipinski definition) is 4. The zero-order chi connectivity index (χ0) is 14.8. The third kappa shape index (κ3) is 2.64. The molecule has 104 valence electrons. The number of amides is 1. The number of halogens is 1. The van der Waals surface area contributed by atoms with Crippen LogP contribution < -0.4 is 5.32 Å². The van der Waals surface area contributed by atoms with E-state index in [-0.39, 0.29) is 11.4 Å². The average Bonchev–Trinajstić information content (AvgIpc) is 2.50. The Labute approximate surface area is 119 Å². The van der Waals surface area contributed by atoms with Gasteiger partial charge in [-0.1, -0.05) is 12.1 Å². The number of phenolic OH excluding ortho intramolecular Hbond substituents is 1. The van der Waals surface area contributed by atoms with Gasteiger partial charge in [-0.05, 0) is 24.3 Å². The molecule has 3 aromatic rings. The highest BCUT2D eigenvalue weighted by Crippen LogP contribution is 2.19. The number of benzene rings is 2. The lowest BCUT2D eigenvalue weighted by Crippen LogP contribution is -2.14. The number of carbonyl (C=O) groups excluding carboxylic acids is 1. The van der Waals surface area contributed by atoms with E-state index >= 15 is 0 Å². The number of nitrogens with zero attached hydrogens (tertiary/aromatic N) is 2. The van der Waals surface area contributed by atoms with E-state index in [1.165, 1.54) is 12.3 Å². The van der Waals surface area contributed by atoms with Crippen molar-refractivity contribution in [2.45, 2.75) is 0 Å². The molecule has 1 heterocycles. The first-order chi connectivity index (χ1) is 10.1. The molecule has 0 fully saturated rings. The molecule has 0 aliphatic rings. The van der Waals surface area contributed by atoms with Gasteiger partial charge in [0.1, 0.15) is 5.69 Å². The van der Waals surface area contributed by atoms with Crippen molar-refractivity contribution in [2.75, 3.05) is 5.32 Å². The molecule has 1 amide bonds. The average molecular weight is 283 g/mol. The maximum atomic E-state index is 13.2. The molecule has 6 heteroatoms. The molecule has 0 spiro atoms. The summed E-state index contributed by atoms with van der Waals surface area (Å²) in [5.41, 5.74) is 1.64. The summed E-state index contributed by atoms with van der Waals surface area (Å²) in [5.74, 6) is -1.78. The summed E-state index contributed by atoms with van der Waals surface area (Å²) in [6.45, 7) is 0. The van der Waals surface area contributed by atoms with Crippen LogP contribution in [0.15, 0.2) is 48.7 Å². The summed E-state index contributed by atoms with van der Waals surface area (Å²) >= 11 is 0. The first-order valence-corrected chi connectivity index (χ1v) is 6.15. The number of para-hydroxylation sites is 2. The molecule has 3 rings (SSSR count). The van der Waals surface area contributed by atoms with Gasteiger partial charge in [0, 0.05) is 11.8 Å². The zero-order valence-electron chi connectivity index (χ0n) is 10.7. The lowest BCUT2D eigenvalue weighted by atomic mass is 10.2. The van der Waals surface area contributed by atoms with Gasteiger partial charge in [-0.2, -0.15) is 0 Å². The lowest BCUT2D eigenvalue weighted by Gasteiger charge is -2.06. The van der Waals surface area contributed by atoms with Crippen LogP contribution in [-0.4, -0.2) is 21.0 Å². The SMILES string of the molecule is O=C(Nc1ccc(O)c(F)c1)c1cnc2ccccc2n1. The summed E-state index contributed by atoms with van der Waals surface area (Å²) in [7, 11) is 0. The van der Waals surface area contributed by atoms with Gasteiger partial charge in [-0.25, -0.2) is 9.37 Å². The predicted molar refractivity (Wildman–Crippen MR) is 75.6 cm³/mol. The predicted octanol–water partition coefficient (Wildman–Crippen LogP) is 2.73. The maximum absolute atomic E-state index is 13.2. The Balaban J connectivity index is 1.87. The highest BCUT2D eigenvalue weighted by atomic mass is 19.1. The van der Waals surface area contributed by atoms with Gasteiger partial charge >= 0.3 is 0 Å². The molecular weight excluding hydrogens is 273 g/mol. The molecule has 1 aromatic heterocycles. The Morgan fingerprint density at radius 2 is 1.90 bits per heavy atom. The van der Waals surface area contributed by atoms with Crippen LogP contribution in [0, 0.1) is 5.82 Å². The molecule has 2 N–H and O–H groups in total. The minimum atomic E-state index is -0.808. The second kappa shape index (κ2) is 5.16. The number of aromatic hydroxyl groups is 1. The molecule has 0 aliphatic heterocycles. The monoisotopic (exact) mass is 283 g/mol. The second-order valence-corrected chi connectivity index (χ2v) is 4.36. The van der Waals surface area contributed by atoms with E-state index in [0.717, 1.165) is 12.1 Å². The molecule has 0 saturated carbocycles. The van der Waals surface area contributed by atoms with E-state index in [0.29, 0.717) is 11.0 Å². The van der Waals surface area contributed by atoms with E-state index in [1.807, 2.05) is 6.07 Å². The minimum absolute atomic E-state index is 0.127. The fraction of sp³-hybridized carbons (Fsp3) is 0. The summed E-state index contributed by atoms with van der Waals surface area (Å²) in [4.78, 5) is 20.4. The standard InChI is InChI=1S/C15H10FN3O2/c16-10-7-9(5-6-14(10)20)18-15(21)13-8-17-11-3-1-2-4-12(11)19-13/h1-8,20H,(H,18,21). The van der Waals surface area contributed by atoms with E-state index < -0.39 is 17.5 Å². The fourth-order valence-electron chi connectivity index (χ4n) is 1.85. The number of aromatic nitrogens is 2. The zero-order valence-corrected chi connectivity index (χ0v) is 10.7. The second-order valence-electron chi connectivity index (χ2n) is 4.36. The molecule has 21 heavy (non-hydrogen) atoms. The van der Waals surface area contributed by atoms with Gasteiger partial charge in [0.2, 0.25) is 0 Å². The van der Waals surface area contributed by atoms with Crippen LogP contribution in [-0.2, 0) is 0 Å². The fourth-order valence-corrected chi connectivity index (χ4v) is 1.85. The quantitative estimate of drug-likeness (QED) is 0.709. The van der Waals surface area contributed by atoms with E-state index in [1.54, 1.807) is 18.2 Å². The minimum Gasteiger partial charge on any atom is -0.505 e. The van der Waals surface area contributed by atoms with Crippen LogP contribution in [0.5, 0.6) is 5.75 Å². The van der Waals surface area contributed by atoms with Gasteiger partial charge in [-0.15, -0.1) is 0 Å². The first kappa shape index (κ1) is 13.0. The Morgan fingerprint density at radius 3 is 2.67 bits per heavy atom. The molecule has 5 nitrogen and oxygen atoms in total. The van der Waals surface area contributed by atoms with Crippen molar-refractivity contribution in [1.82, 2.24) is 9.97 Å². The Hall–Kier alpha value is -3.02. The van der Waals surface area contributed by atoms with Crippen LogP contribution in [0.1, 0.15) is 10.5 Å². The molecule has 0 radical (unpaired) electrons. The summed E-state index contributed by atoms with van der Waals surface area (Å²) < 4.78 is 13.2. The Morgan fingerprint density at radius 1 is 1.14 bits per heavy atom. The van der Waals surface area contributed by atoms with Crippen molar-refractivity contribution in [2.24, 2.45) is 0 Å². The normalized spacial score (nSPS) is 10.5. The number of phenols is 1. The molecular formula is C15H10FN3O2. The smallest absolute Gasteiger partial charge is 0.275 e. The number of carbonyl (C=O) groups is 1. The van der Waals surface area contributed by atoms with Gasteiger partial charge in [0.05, 0.1) is 17.2 Å². The first-order valence-electron chi connectivity index (χ1n) is 6.15. The van der Waals surface area contributed by atoms with Crippen LogP contribution in [0.2, 0.25) is 0 Å². The van der Waals surface area contributed by atoms with Crippen molar-refractivity contribution in [1.29, 1.82) is 0 Å². The molecule has 2 aromatic carbocycles. The number of fused-ring (bicyclic) bond motifs is 1. The van der Waals surface area contributed by atoms with Crippen LogP contribution in [0.25, 0.3) is 11.0 Å². The van der Waals surface area contributed by atoms with Crippen molar-refractivity contribution >= 4 is 22.6 Å². The summed E-state index contributed by atoms with van der Waals surface area (Å²) in [6.07, 6.45) is 1.36. The van der Waals surface area contributed by atoms with Gasteiger partial charge in [-0.3, -0.25) is 9.78 Å². The Kier molecular flexibility index (Phi) is 3.19. The van der Waals surface area contributed by atoms with Gasteiger partial charge in [0.25, 0.3) is 5.91 Å². The largest absolute Gasteiger partial charge is 0.505 e. The van der Waals surface area contributed by atoms with Crippen molar-refractivity contribution in [3.8, 4) is 5.75 Å². The Bertz CT molecular complexity index is 836. The van der Waals surface area contributed by atoms with E-state index in [2.05, 4.69) is 15.3 Å². The highest BCUT2D eigenvalue weighted by molar-refractivity contribution is 6.03. The van der Waals surface area contributed by atoms with Crippen LogP contribution >= 0.6 is 0 Å². The molecule has 0 bridgehead atoms. The van der Waals surface area contributed by atoms with Crippen LogP contribution in [0.3, 0.4) is 0 Å². The van der Waals surface area contributed by atoms with Crippen molar-refractivity contribution < 1.29 is 14.3 Å². The third-order valence-corrected chi connectivity index (χ3v) is 2.89. The highest BCUT2D eigenvalue weighted by Gasteiger charge is 2.10. The van der Waals surface area contributed by atoms with E-state index in [9.17, 15) is 9.18 Å². The number of rotatable bonds is 2. The van der Waals surface area contributed by atoms with Crippen molar-refractivity contribution in [3.05, 3.63) is 60.2 Å². The van der Waals surface area contributed by atoms with Crippen LogP contribution in [0.4, 0.5) is 10.1 Å². The third-order valence-electron chi connectivity index (χ3n) is 2.89. The maximum Gasteiger partial charge on any atom is 0.275 e. The van der Waals surface area contributed by atoms with Gasteiger partial charge < -0.3 is 10.4 Å². The van der Waals surface area contributed by atoms with Gasteiger partial charge in [0.15, 0.2) is 11.6 Å². The number of nitrogens with one attached hydrogen (secondary N) is 1. The summed E-state index contributed by atoms with van der Waals surface area (Å²) in [6, 6.07) is 10.8. The molecule has 0 atom stereocenters. The number of hydrogen-bond donors (Lipinski definition) is 2. The number of anilines is 1.